The van der Waals surface area contributed by atoms with Gasteiger partial charge in [0.05, 0.1) is 31.2 Å². The minimum atomic E-state index is 0.553. The largest absolute Gasteiger partial charge is 0.379 e. The van der Waals surface area contributed by atoms with Crippen molar-refractivity contribution < 1.29 is 9.47 Å². The van der Waals surface area contributed by atoms with Gasteiger partial charge in [-0.3, -0.25) is 4.98 Å². The van der Waals surface area contributed by atoms with Crippen LogP contribution >= 0.6 is 0 Å². The summed E-state index contributed by atoms with van der Waals surface area (Å²) in [7, 11) is 0. The molecule has 1 aromatic rings. The van der Waals surface area contributed by atoms with Gasteiger partial charge in [0, 0.05) is 13.2 Å². The quantitative estimate of drug-likeness (QED) is 0.625. The first-order chi connectivity index (χ1) is 9.36. The summed E-state index contributed by atoms with van der Waals surface area (Å²) in [6.45, 7) is 8.69. The molecule has 0 bridgehead atoms. The second kappa shape index (κ2) is 10.9. The molecule has 0 amide bonds. The number of ether oxygens (including phenoxy) is 2. The number of pyridine rings is 1. The van der Waals surface area contributed by atoms with E-state index in [1.165, 1.54) is 6.42 Å². The number of nitrogens with one attached hydrogen (secondary N) is 1. The Morgan fingerprint density at radius 2 is 1.84 bits per heavy atom. The maximum Gasteiger partial charge on any atom is 0.0889 e. The second-order valence-electron chi connectivity index (χ2n) is 4.42. The van der Waals surface area contributed by atoms with Crippen LogP contribution in [-0.2, 0) is 22.6 Å². The summed E-state index contributed by atoms with van der Waals surface area (Å²) in [4.78, 5) is 4.53. The van der Waals surface area contributed by atoms with Gasteiger partial charge in [-0.05, 0) is 25.1 Å². The molecule has 1 N–H and O–H groups in total. The molecule has 1 heterocycles. The lowest BCUT2D eigenvalue weighted by Crippen LogP contribution is -2.13. The van der Waals surface area contributed by atoms with Crippen LogP contribution in [0.5, 0.6) is 0 Å². The number of hydrogen-bond donors (Lipinski definition) is 1. The van der Waals surface area contributed by atoms with E-state index >= 15 is 0 Å². The number of aromatic nitrogens is 1. The summed E-state index contributed by atoms with van der Waals surface area (Å²) >= 11 is 0. The summed E-state index contributed by atoms with van der Waals surface area (Å²) in [5, 5.41) is 3.26. The van der Waals surface area contributed by atoms with E-state index in [0.717, 1.165) is 37.5 Å². The van der Waals surface area contributed by atoms with Crippen LogP contribution in [-0.4, -0.2) is 31.3 Å². The fraction of sp³-hybridized carbons (Fsp3) is 0.667. The highest BCUT2D eigenvalue weighted by Gasteiger charge is 1.98. The van der Waals surface area contributed by atoms with Crippen molar-refractivity contribution in [3.8, 4) is 0 Å². The molecule has 4 nitrogen and oxygen atoms in total. The van der Waals surface area contributed by atoms with Gasteiger partial charge in [0.25, 0.3) is 0 Å². The standard InChI is InChI=1S/C15H26N2O2/c1-3-5-9-18-10-11-19-13-15-8-6-7-14(17-15)12-16-4-2/h6-8,16H,3-5,9-13H2,1-2H3. The van der Waals surface area contributed by atoms with Crippen LogP contribution in [0, 0.1) is 0 Å². The zero-order chi connectivity index (χ0) is 13.8. The summed E-state index contributed by atoms with van der Waals surface area (Å²) in [6, 6.07) is 6.05. The van der Waals surface area contributed by atoms with Gasteiger partial charge in [-0.1, -0.05) is 26.3 Å². The Morgan fingerprint density at radius 1 is 1.05 bits per heavy atom. The van der Waals surface area contributed by atoms with Crippen molar-refractivity contribution in [3.05, 3.63) is 29.6 Å². The van der Waals surface area contributed by atoms with Crippen molar-refractivity contribution in [1.29, 1.82) is 0 Å². The van der Waals surface area contributed by atoms with E-state index in [2.05, 4.69) is 24.1 Å². The Labute approximate surface area is 116 Å². The predicted molar refractivity (Wildman–Crippen MR) is 77.0 cm³/mol. The van der Waals surface area contributed by atoms with Crippen molar-refractivity contribution in [2.45, 2.75) is 39.8 Å². The maximum absolute atomic E-state index is 5.55. The lowest BCUT2D eigenvalue weighted by molar-refractivity contribution is 0.0385. The fourth-order valence-electron chi connectivity index (χ4n) is 1.60. The van der Waals surface area contributed by atoms with Gasteiger partial charge < -0.3 is 14.8 Å². The van der Waals surface area contributed by atoms with Crippen LogP contribution < -0.4 is 5.32 Å². The van der Waals surface area contributed by atoms with Crippen LogP contribution in [0.25, 0.3) is 0 Å². The monoisotopic (exact) mass is 266 g/mol. The zero-order valence-electron chi connectivity index (χ0n) is 12.2. The molecule has 0 atom stereocenters. The maximum atomic E-state index is 5.55. The molecule has 108 valence electrons. The van der Waals surface area contributed by atoms with Crippen LogP contribution in [0.3, 0.4) is 0 Å². The molecule has 0 fully saturated rings. The van der Waals surface area contributed by atoms with Gasteiger partial charge in [-0.15, -0.1) is 0 Å². The van der Waals surface area contributed by atoms with Crippen molar-refractivity contribution in [2.24, 2.45) is 0 Å². The Balaban J connectivity index is 2.14. The third kappa shape index (κ3) is 7.93. The van der Waals surface area contributed by atoms with E-state index in [-0.39, 0.29) is 0 Å². The Bertz CT molecular complexity index is 332. The predicted octanol–water partition coefficient (Wildman–Crippen LogP) is 2.52. The van der Waals surface area contributed by atoms with Crippen molar-refractivity contribution >= 4 is 0 Å². The molecule has 0 aliphatic heterocycles. The molecule has 1 aromatic heterocycles. The first-order valence-electron chi connectivity index (χ1n) is 7.17. The molecule has 0 unspecified atom stereocenters. The number of nitrogens with zero attached hydrogens (tertiary/aromatic N) is 1. The van der Waals surface area contributed by atoms with Crippen molar-refractivity contribution in [1.82, 2.24) is 10.3 Å². The summed E-state index contributed by atoms with van der Waals surface area (Å²) in [5.41, 5.74) is 2.03. The minimum Gasteiger partial charge on any atom is -0.379 e. The average molecular weight is 266 g/mol. The Morgan fingerprint density at radius 3 is 2.63 bits per heavy atom. The smallest absolute Gasteiger partial charge is 0.0889 e. The molecular weight excluding hydrogens is 240 g/mol. The number of unbranched alkanes of at least 4 members (excludes halogenated alkanes) is 1. The minimum absolute atomic E-state index is 0.553. The summed E-state index contributed by atoms with van der Waals surface area (Å²) < 4.78 is 11.0. The van der Waals surface area contributed by atoms with E-state index in [1.807, 2.05) is 18.2 Å². The molecule has 0 spiro atoms. The highest BCUT2D eigenvalue weighted by atomic mass is 16.5. The lowest BCUT2D eigenvalue weighted by Gasteiger charge is -2.07. The SMILES string of the molecule is CCCCOCCOCc1cccc(CNCC)n1. The Kier molecular flexibility index (Phi) is 9.23. The Hall–Kier alpha value is -0.970. The molecule has 0 aliphatic rings. The molecule has 0 radical (unpaired) electrons. The normalized spacial score (nSPS) is 10.8. The number of rotatable bonds is 11. The molecule has 0 aromatic carbocycles. The molecule has 0 saturated carbocycles. The summed E-state index contributed by atoms with van der Waals surface area (Å²) in [5.74, 6) is 0. The molecular formula is C15H26N2O2. The molecule has 0 aliphatic carbocycles. The van der Waals surface area contributed by atoms with E-state index < -0.39 is 0 Å². The lowest BCUT2D eigenvalue weighted by atomic mass is 10.3. The second-order valence-corrected chi connectivity index (χ2v) is 4.42. The van der Waals surface area contributed by atoms with Crippen LogP contribution in [0.4, 0.5) is 0 Å². The van der Waals surface area contributed by atoms with Crippen LogP contribution in [0.2, 0.25) is 0 Å². The third-order valence-corrected chi connectivity index (χ3v) is 2.68. The van der Waals surface area contributed by atoms with Crippen LogP contribution in [0.1, 0.15) is 38.1 Å². The van der Waals surface area contributed by atoms with Gasteiger partial charge in [0.2, 0.25) is 0 Å². The van der Waals surface area contributed by atoms with E-state index in [1.54, 1.807) is 0 Å². The molecule has 0 saturated heterocycles. The van der Waals surface area contributed by atoms with Gasteiger partial charge in [0.15, 0.2) is 0 Å². The zero-order valence-corrected chi connectivity index (χ0v) is 12.2. The van der Waals surface area contributed by atoms with Crippen molar-refractivity contribution in [2.75, 3.05) is 26.4 Å². The van der Waals surface area contributed by atoms with Crippen LogP contribution in [0.15, 0.2) is 18.2 Å². The van der Waals surface area contributed by atoms with Gasteiger partial charge >= 0.3 is 0 Å². The van der Waals surface area contributed by atoms with Crippen molar-refractivity contribution in [3.63, 3.8) is 0 Å². The third-order valence-electron chi connectivity index (χ3n) is 2.68. The summed E-state index contributed by atoms with van der Waals surface area (Å²) in [6.07, 6.45) is 2.29. The molecule has 4 heteroatoms. The highest BCUT2D eigenvalue weighted by molar-refractivity contribution is 5.10. The molecule has 1 rings (SSSR count). The van der Waals surface area contributed by atoms with E-state index in [0.29, 0.717) is 19.8 Å². The van der Waals surface area contributed by atoms with E-state index in [4.69, 9.17) is 9.47 Å². The molecule has 19 heavy (non-hydrogen) atoms. The van der Waals surface area contributed by atoms with Gasteiger partial charge in [-0.25, -0.2) is 0 Å². The highest BCUT2D eigenvalue weighted by Crippen LogP contribution is 2.01. The first kappa shape index (κ1) is 16.1. The fourth-order valence-corrected chi connectivity index (χ4v) is 1.60. The number of hydrogen-bond acceptors (Lipinski definition) is 4. The van der Waals surface area contributed by atoms with Gasteiger partial charge in [0.1, 0.15) is 0 Å². The van der Waals surface area contributed by atoms with Gasteiger partial charge in [-0.2, -0.15) is 0 Å². The first-order valence-corrected chi connectivity index (χ1v) is 7.17. The van der Waals surface area contributed by atoms with E-state index in [9.17, 15) is 0 Å². The topological polar surface area (TPSA) is 43.4 Å². The average Bonchev–Trinajstić information content (AvgIpc) is 2.44.